The lowest BCUT2D eigenvalue weighted by Crippen LogP contribution is -2.62. The highest BCUT2D eigenvalue weighted by molar-refractivity contribution is 7.10. The molecule has 1 aromatic heterocycles. The Morgan fingerprint density at radius 2 is 1.70 bits per heavy atom. The molecule has 0 saturated carbocycles. The van der Waals surface area contributed by atoms with Crippen LogP contribution in [-0.2, 0) is 28.5 Å². The fraction of sp³-hybridized carbons (Fsp3) is 0.469. The summed E-state index contributed by atoms with van der Waals surface area (Å²) in [6.07, 6.45) is -11.3. The van der Waals surface area contributed by atoms with Gasteiger partial charge in [-0.15, -0.1) is 11.3 Å². The summed E-state index contributed by atoms with van der Waals surface area (Å²) in [6.45, 7) is -7.87. The monoisotopic (exact) mass is 662 g/mol. The van der Waals surface area contributed by atoms with Gasteiger partial charge in [0.2, 0.25) is 12.5 Å². The van der Waals surface area contributed by atoms with Crippen LogP contribution < -0.4 is 18.9 Å². The second-order valence-electron chi connectivity index (χ2n) is 11.2. The van der Waals surface area contributed by atoms with Crippen LogP contribution in [0.4, 0.5) is 0 Å². The number of aromatic hydroxyl groups is 1. The molecule has 10 atom stereocenters. The van der Waals surface area contributed by atoms with Crippen LogP contribution in [0.5, 0.6) is 28.7 Å². The first-order chi connectivity index (χ1) is 24.5. The standard InChI is InChI=1S/C32H32O13S/c1-37-19-6-13(7-20(38-2)25(19)33)23-14-8-17-18(42-12-41-17)9-15(14)28(16-10-39-30(36)24(16)23)44-32-27(35)26(34)29-21(43-32)11-40-31(45-29)22-4-3-5-46-22/h3-9,16,21,23-24,26-29,31-35H,10-12H2,1-2H3/t16-,21+,23+,24-,26+,27+,28+,29+,31+,32-/m0/s1/i10D2,11D2,12D2. The lowest BCUT2D eigenvalue weighted by atomic mass is 9.66. The van der Waals surface area contributed by atoms with E-state index in [-0.39, 0.29) is 39.9 Å². The van der Waals surface area contributed by atoms with Gasteiger partial charge in [0.25, 0.3) is 0 Å². The number of esters is 1. The molecule has 3 aromatic rings. The molecular weight excluding hydrogens is 624 g/mol. The van der Waals surface area contributed by atoms with Crippen molar-refractivity contribution in [1.82, 2.24) is 0 Å². The summed E-state index contributed by atoms with van der Waals surface area (Å²) in [5.41, 5.74) is 0.719. The highest BCUT2D eigenvalue weighted by atomic mass is 32.1. The second kappa shape index (κ2) is 11.6. The maximum atomic E-state index is 13.7. The topological polar surface area (TPSA) is 161 Å². The molecule has 0 bridgehead atoms. The predicted molar refractivity (Wildman–Crippen MR) is 156 cm³/mol. The first-order valence-electron chi connectivity index (χ1n) is 17.3. The third-order valence-electron chi connectivity index (χ3n) is 8.77. The summed E-state index contributed by atoms with van der Waals surface area (Å²) < 4.78 is 102. The Kier molecular flexibility index (Phi) is 5.94. The normalized spacial score (nSPS) is 39.5. The number of cyclic esters (lactones) is 1. The highest BCUT2D eigenvalue weighted by Gasteiger charge is 2.56. The van der Waals surface area contributed by atoms with Crippen molar-refractivity contribution in [3.63, 3.8) is 0 Å². The van der Waals surface area contributed by atoms with Crippen LogP contribution in [0.2, 0.25) is 0 Å². The number of aliphatic hydroxyl groups excluding tert-OH is 2. The molecule has 0 unspecified atom stereocenters. The van der Waals surface area contributed by atoms with Crippen LogP contribution in [0.1, 0.15) is 48.1 Å². The molecular formula is C32H32O13S. The van der Waals surface area contributed by atoms with Crippen LogP contribution in [0, 0.1) is 11.8 Å². The molecule has 13 nitrogen and oxygen atoms in total. The maximum Gasteiger partial charge on any atom is 0.310 e. The number of carbonyl (C=O) groups is 1. The second-order valence-corrected chi connectivity index (χ2v) is 12.2. The molecule has 3 fully saturated rings. The summed E-state index contributed by atoms with van der Waals surface area (Å²) in [7, 11) is 2.62. The fourth-order valence-electron chi connectivity index (χ4n) is 6.60. The number of fused-ring (bicyclic) bond motifs is 4. The molecule has 3 saturated heterocycles. The van der Waals surface area contributed by atoms with Crippen LogP contribution >= 0.6 is 11.3 Å². The zero-order chi connectivity index (χ0) is 37.1. The van der Waals surface area contributed by atoms with E-state index >= 15 is 0 Å². The Morgan fingerprint density at radius 1 is 0.957 bits per heavy atom. The quantitative estimate of drug-likeness (QED) is 0.331. The number of thiophene rings is 1. The van der Waals surface area contributed by atoms with Gasteiger partial charge < -0.3 is 58.0 Å². The number of hydrogen-bond donors (Lipinski definition) is 3. The molecule has 5 aliphatic rings. The third-order valence-corrected chi connectivity index (χ3v) is 9.66. The Hall–Kier alpha value is -3.63. The lowest BCUT2D eigenvalue weighted by molar-refractivity contribution is -0.368. The van der Waals surface area contributed by atoms with Crippen molar-refractivity contribution in [1.29, 1.82) is 0 Å². The molecule has 8 rings (SSSR count). The van der Waals surface area contributed by atoms with Gasteiger partial charge in [-0.1, -0.05) is 6.07 Å². The molecule has 5 heterocycles. The minimum Gasteiger partial charge on any atom is -0.502 e. The summed E-state index contributed by atoms with van der Waals surface area (Å²) in [5, 5.41) is 35.1. The molecule has 244 valence electrons. The van der Waals surface area contributed by atoms with Gasteiger partial charge in [-0.2, -0.15) is 0 Å². The first-order valence-corrected chi connectivity index (χ1v) is 15.2. The molecule has 0 amide bonds. The summed E-state index contributed by atoms with van der Waals surface area (Å²) in [4.78, 5) is 14.3. The molecule has 0 spiro atoms. The number of hydrogen-bond acceptors (Lipinski definition) is 14. The molecule has 1 aliphatic carbocycles. The molecule has 0 radical (unpaired) electrons. The van der Waals surface area contributed by atoms with Gasteiger partial charge >= 0.3 is 5.97 Å². The average molecular weight is 663 g/mol. The lowest BCUT2D eigenvalue weighted by Gasteiger charge is -2.48. The van der Waals surface area contributed by atoms with Crippen LogP contribution in [0.15, 0.2) is 41.8 Å². The van der Waals surface area contributed by atoms with Crippen molar-refractivity contribution in [3.05, 3.63) is 63.3 Å². The maximum absolute atomic E-state index is 13.7. The number of phenolic OH excluding ortho intramolecular Hbond substituents is 1. The van der Waals surface area contributed by atoms with Crippen LogP contribution in [0.3, 0.4) is 0 Å². The van der Waals surface area contributed by atoms with Gasteiger partial charge in [-0.05, 0) is 52.4 Å². The number of methoxy groups -OCH3 is 2. The van der Waals surface area contributed by atoms with Gasteiger partial charge in [0, 0.05) is 11.8 Å². The zero-order valence-electron chi connectivity index (χ0n) is 30.1. The number of phenols is 1. The smallest absolute Gasteiger partial charge is 0.310 e. The van der Waals surface area contributed by atoms with Gasteiger partial charge in [0.15, 0.2) is 35.6 Å². The number of rotatable bonds is 6. The van der Waals surface area contributed by atoms with Crippen molar-refractivity contribution >= 4 is 17.3 Å². The molecule has 3 N–H and O–H groups in total. The van der Waals surface area contributed by atoms with E-state index in [0.29, 0.717) is 10.4 Å². The minimum absolute atomic E-state index is 0.0212. The predicted octanol–water partition coefficient (Wildman–Crippen LogP) is 2.75. The summed E-state index contributed by atoms with van der Waals surface area (Å²) >= 11 is 1.24. The number of ether oxygens (including phenoxy) is 9. The summed E-state index contributed by atoms with van der Waals surface area (Å²) in [5.74, 6) is -5.39. The van der Waals surface area contributed by atoms with E-state index in [9.17, 15) is 20.1 Å². The third kappa shape index (κ3) is 4.70. The molecule has 14 heteroatoms. The Labute approximate surface area is 275 Å². The van der Waals surface area contributed by atoms with E-state index < -0.39 is 86.7 Å². The SMILES string of the molecule is [2H]C1([2H])Oc2cc3c(cc2O1)[C@@H](O[C@@H]1O[C@H]2[C@@H](O[C@H](c4cccs4)OC2([2H])[2H])[C@H](O)[C@H]1O)[C@@H]1[C@H](C(=O)OC1([2H])[2H])[C@@H]3c1cc(OC)c(O)c(OC)c1. The number of benzene rings is 2. The van der Waals surface area contributed by atoms with Gasteiger partial charge in [-0.25, -0.2) is 0 Å². The van der Waals surface area contributed by atoms with E-state index in [1.165, 1.54) is 49.8 Å². The van der Waals surface area contributed by atoms with E-state index in [2.05, 4.69) is 0 Å². The van der Waals surface area contributed by atoms with E-state index in [4.69, 9.17) is 50.9 Å². The van der Waals surface area contributed by atoms with E-state index in [1.54, 1.807) is 17.5 Å². The zero-order valence-corrected chi connectivity index (χ0v) is 25.0. The Bertz CT molecular complexity index is 1870. The van der Waals surface area contributed by atoms with Gasteiger partial charge in [0.1, 0.15) is 27.2 Å². The largest absolute Gasteiger partial charge is 0.502 e. The van der Waals surface area contributed by atoms with Gasteiger partial charge in [0.05, 0.1) is 49.7 Å². The van der Waals surface area contributed by atoms with Crippen LogP contribution in [-0.4, -0.2) is 86.1 Å². The van der Waals surface area contributed by atoms with Crippen molar-refractivity contribution in [2.45, 2.75) is 49.0 Å². The average Bonchev–Trinajstić information content (AvgIpc) is 3.78. The van der Waals surface area contributed by atoms with Crippen molar-refractivity contribution in [2.75, 3.05) is 34.1 Å². The first kappa shape index (κ1) is 23.7. The summed E-state index contributed by atoms with van der Waals surface area (Å²) in [6, 6.07) is 9.02. The molecule has 2 aromatic carbocycles. The van der Waals surface area contributed by atoms with Crippen molar-refractivity contribution in [2.24, 2.45) is 11.8 Å². The van der Waals surface area contributed by atoms with E-state index in [0.717, 1.165) is 0 Å². The van der Waals surface area contributed by atoms with Crippen molar-refractivity contribution < 1.29 is 71.0 Å². The van der Waals surface area contributed by atoms with Gasteiger partial charge in [-0.3, -0.25) is 4.79 Å². The number of carbonyl (C=O) groups excluding carboxylic acids is 1. The van der Waals surface area contributed by atoms with Crippen molar-refractivity contribution in [3.8, 4) is 28.7 Å². The number of aliphatic hydroxyl groups is 2. The molecule has 4 aliphatic heterocycles. The Morgan fingerprint density at radius 3 is 2.39 bits per heavy atom. The highest BCUT2D eigenvalue weighted by Crippen LogP contribution is 2.57. The molecule has 46 heavy (non-hydrogen) atoms. The van der Waals surface area contributed by atoms with E-state index in [1.807, 2.05) is 0 Å². The Balaban J connectivity index is 1.23. The van der Waals surface area contributed by atoms with Crippen LogP contribution in [0.25, 0.3) is 0 Å². The minimum atomic E-state index is -2.71. The fourth-order valence-corrected chi connectivity index (χ4v) is 7.29.